The normalized spacial score (nSPS) is 11.3. The van der Waals surface area contributed by atoms with Crippen LogP contribution in [0.2, 0.25) is 0 Å². The maximum atomic E-state index is 12.5. The van der Waals surface area contributed by atoms with Crippen LogP contribution in [-0.4, -0.2) is 18.2 Å². The molecular weight excluding hydrogens is 340 g/mol. The quantitative estimate of drug-likeness (QED) is 0.628. The summed E-state index contributed by atoms with van der Waals surface area (Å²) in [4.78, 5) is 11.1. The van der Waals surface area contributed by atoms with Gasteiger partial charge in [-0.05, 0) is 34.7 Å². The Kier molecular flexibility index (Phi) is 3.66. The maximum absolute atomic E-state index is 12.5. The number of carbonyl (C=O) groups is 1. The van der Waals surface area contributed by atoms with Gasteiger partial charge in [-0.1, -0.05) is 0 Å². The van der Waals surface area contributed by atoms with Crippen molar-refractivity contribution >= 4 is 28.6 Å². The number of ether oxygens (including phenoxy) is 1. The lowest BCUT2D eigenvalue weighted by Gasteiger charge is -2.12. The molecule has 0 saturated carbocycles. The van der Waals surface area contributed by atoms with Crippen molar-refractivity contribution in [2.24, 2.45) is 0 Å². The van der Waals surface area contributed by atoms with Gasteiger partial charge in [0.05, 0.1) is 21.8 Å². The fourth-order valence-corrected chi connectivity index (χ4v) is 1.54. The van der Waals surface area contributed by atoms with Crippen molar-refractivity contribution in [2.75, 3.05) is 7.11 Å². The van der Waals surface area contributed by atoms with Crippen LogP contribution in [-0.2, 0) is 10.9 Å². The Morgan fingerprint density at radius 2 is 2.00 bits per heavy atom. The molecule has 88 valence electrons. The average molecular weight is 346 g/mol. The molecule has 0 aliphatic heterocycles. The van der Waals surface area contributed by atoms with E-state index in [0.717, 1.165) is 13.2 Å². The van der Waals surface area contributed by atoms with E-state index in [4.69, 9.17) is 0 Å². The number of benzene rings is 1. The van der Waals surface area contributed by atoms with Crippen molar-refractivity contribution in [3.8, 4) is 5.75 Å². The minimum absolute atomic E-state index is 0.144. The number of halogens is 4. The zero-order valence-electron chi connectivity index (χ0n) is 7.93. The van der Waals surface area contributed by atoms with Gasteiger partial charge in [-0.15, -0.1) is 0 Å². The van der Waals surface area contributed by atoms with E-state index in [9.17, 15) is 23.1 Å². The number of hydrogen-bond acceptors (Lipinski definition) is 3. The summed E-state index contributed by atoms with van der Waals surface area (Å²) in [5, 5.41) is 9.18. The molecule has 7 heteroatoms. The van der Waals surface area contributed by atoms with Crippen LogP contribution in [0.4, 0.5) is 13.2 Å². The lowest BCUT2D eigenvalue weighted by atomic mass is 10.1. The molecule has 0 radical (unpaired) electrons. The second-order valence-corrected chi connectivity index (χ2v) is 4.00. The van der Waals surface area contributed by atoms with Crippen LogP contribution >= 0.6 is 22.6 Å². The molecule has 0 heterocycles. The van der Waals surface area contributed by atoms with Gasteiger partial charge in [0.1, 0.15) is 5.75 Å². The first-order valence-corrected chi connectivity index (χ1v) is 5.03. The summed E-state index contributed by atoms with van der Waals surface area (Å²) in [6.45, 7) is 0. The molecule has 16 heavy (non-hydrogen) atoms. The van der Waals surface area contributed by atoms with Gasteiger partial charge in [0, 0.05) is 0 Å². The van der Waals surface area contributed by atoms with E-state index in [1.807, 2.05) is 0 Å². The lowest BCUT2D eigenvalue weighted by Crippen LogP contribution is -2.14. The van der Waals surface area contributed by atoms with E-state index in [1.165, 1.54) is 0 Å². The molecule has 3 nitrogen and oxygen atoms in total. The third-order valence-corrected chi connectivity index (χ3v) is 2.66. The molecule has 0 atom stereocenters. The Morgan fingerprint density at radius 1 is 1.44 bits per heavy atom. The van der Waals surface area contributed by atoms with E-state index in [2.05, 4.69) is 4.74 Å². The minimum Gasteiger partial charge on any atom is -0.507 e. The molecule has 0 spiro atoms. The second kappa shape index (κ2) is 4.48. The number of rotatable bonds is 1. The molecule has 0 bridgehead atoms. The molecule has 0 fully saturated rings. The summed E-state index contributed by atoms with van der Waals surface area (Å²) in [7, 11) is 0.988. The third-order valence-electron chi connectivity index (χ3n) is 1.80. The molecule has 1 N–H and O–H groups in total. The standard InChI is InChI=1S/C9H6F3IO3/c1-16-8(15)4-2-6(13)7(14)3-5(4)9(10,11)12/h2-3,14H,1H3. The maximum Gasteiger partial charge on any atom is 0.417 e. The van der Waals surface area contributed by atoms with Crippen molar-refractivity contribution in [1.29, 1.82) is 0 Å². The molecule has 0 unspecified atom stereocenters. The van der Waals surface area contributed by atoms with Gasteiger partial charge >= 0.3 is 12.1 Å². The first-order valence-electron chi connectivity index (χ1n) is 3.95. The zero-order chi connectivity index (χ0) is 12.5. The van der Waals surface area contributed by atoms with Gasteiger partial charge < -0.3 is 9.84 Å². The van der Waals surface area contributed by atoms with Crippen LogP contribution in [0.1, 0.15) is 15.9 Å². The molecule has 0 aliphatic carbocycles. The largest absolute Gasteiger partial charge is 0.507 e. The lowest BCUT2D eigenvalue weighted by molar-refractivity contribution is -0.138. The molecular formula is C9H6F3IO3. The summed E-state index contributed by atoms with van der Waals surface area (Å²) in [6.07, 6.45) is -4.72. The summed E-state index contributed by atoms with van der Waals surface area (Å²) in [6, 6.07) is 1.44. The zero-order valence-corrected chi connectivity index (χ0v) is 10.1. The summed E-state index contributed by atoms with van der Waals surface area (Å²) >= 11 is 1.62. The first-order chi connectivity index (χ1) is 7.27. The van der Waals surface area contributed by atoms with Crippen molar-refractivity contribution < 1.29 is 27.8 Å². The van der Waals surface area contributed by atoms with E-state index in [-0.39, 0.29) is 3.57 Å². The molecule has 0 amide bonds. The number of phenols is 1. The van der Waals surface area contributed by atoms with Crippen molar-refractivity contribution in [1.82, 2.24) is 0 Å². The minimum atomic E-state index is -4.72. The van der Waals surface area contributed by atoms with E-state index >= 15 is 0 Å². The highest BCUT2D eigenvalue weighted by Crippen LogP contribution is 2.36. The first kappa shape index (κ1) is 13.1. The van der Waals surface area contributed by atoms with Gasteiger partial charge in [-0.3, -0.25) is 0 Å². The predicted molar refractivity (Wildman–Crippen MR) is 57.2 cm³/mol. The van der Waals surface area contributed by atoms with Gasteiger partial charge in [-0.25, -0.2) is 4.79 Å². The highest BCUT2D eigenvalue weighted by molar-refractivity contribution is 14.1. The Hall–Kier alpha value is -0.990. The van der Waals surface area contributed by atoms with Crippen LogP contribution in [0.3, 0.4) is 0 Å². The fourth-order valence-electron chi connectivity index (χ4n) is 1.08. The molecule has 0 saturated heterocycles. The number of methoxy groups -OCH3 is 1. The van der Waals surface area contributed by atoms with Crippen LogP contribution in [0.5, 0.6) is 5.75 Å². The summed E-state index contributed by atoms with van der Waals surface area (Å²) < 4.78 is 42.0. The third kappa shape index (κ3) is 2.57. The Balaban J connectivity index is 3.45. The highest BCUT2D eigenvalue weighted by atomic mass is 127. The number of aromatic hydroxyl groups is 1. The number of carbonyl (C=O) groups excluding carboxylic acids is 1. The van der Waals surface area contributed by atoms with Gasteiger partial charge in [-0.2, -0.15) is 13.2 Å². The Bertz CT molecular complexity index is 429. The van der Waals surface area contributed by atoms with E-state index in [0.29, 0.717) is 6.07 Å². The van der Waals surface area contributed by atoms with Crippen LogP contribution in [0.25, 0.3) is 0 Å². The topological polar surface area (TPSA) is 46.5 Å². The van der Waals surface area contributed by atoms with Gasteiger partial charge in [0.15, 0.2) is 0 Å². The molecule has 1 aromatic rings. The van der Waals surface area contributed by atoms with Crippen molar-refractivity contribution in [3.63, 3.8) is 0 Å². The Morgan fingerprint density at radius 3 is 2.44 bits per heavy atom. The molecule has 1 aromatic carbocycles. The number of esters is 1. The molecule has 0 aromatic heterocycles. The molecule has 0 aliphatic rings. The van der Waals surface area contributed by atoms with E-state index in [1.54, 1.807) is 22.6 Å². The van der Waals surface area contributed by atoms with E-state index < -0.39 is 29.0 Å². The van der Waals surface area contributed by atoms with Crippen LogP contribution in [0.15, 0.2) is 12.1 Å². The van der Waals surface area contributed by atoms with Crippen molar-refractivity contribution in [3.05, 3.63) is 26.8 Å². The number of phenolic OH excluding ortho intramolecular Hbond substituents is 1. The number of alkyl halides is 3. The summed E-state index contributed by atoms with van der Waals surface area (Å²) in [5.74, 6) is -1.62. The van der Waals surface area contributed by atoms with Gasteiger partial charge in [0.25, 0.3) is 0 Å². The van der Waals surface area contributed by atoms with Crippen LogP contribution in [0, 0.1) is 3.57 Å². The molecule has 1 rings (SSSR count). The Labute approximate surface area is 102 Å². The average Bonchev–Trinajstić information content (AvgIpc) is 2.18. The smallest absolute Gasteiger partial charge is 0.417 e. The number of hydrogen-bond donors (Lipinski definition) is 1. The van der Waals surface area contributed by atoms with Crippen molar-refractivity contribution in [2.45, 2.75) is 6.18 Å². The highest BCUT2D eigenvalue weighted by Gasteiger charge is 2.36. The monoisotopic (exact) mass is 346 g/mol. The fraction of sp³-hybridized carbons (Fsp3) is 0.222. The summed E-state index contributed by atoms with van der Waals surface area (Å²) in [5.41, 5.74) is -1.82. The predicted octanol–water partition coefficient (Wildman–Crippen LogP) is 2.80. The van der Waals surface area contributed by atoms with Crippen LogP contribution < -0.4 is 0 Å². The SMILES string of the molecule is COC(=O)c1cc(I)c(O)cc1C(F)(F)F. The second-order valence-electron chi connectivity index (χ2n) is 2.84. The van der Waals surface area contributed by atoms with Gasteiger partial charge in [0.2, 0.25) is 0 Å².